The Hall–Kier alpha value is -1.87. The first kappa shape index (κ1) is 14.5. The Morgan fingerprint density at radius 1 is 1.05 bits per heavy atom. The fourth-order valence-electron chi connectivity index (χ4n) is 2.08. The predicted molar refractivity (Wildman–Crippen MR) is 77.8 cm³/mol. The van der Waals surface area contributed by atoms with Crippen molar-refractivity contribution in [2.24, 2.45) is 0 Å². The minimum atomic E-state index is -0.693. The van der Waals surface area contributed by atoms with Gasteiger partial charge >= 0.3 is 0 Å². The molecule has 2 rings (SSSR count). The molecule has 2 aromatic carbocycles. The maximum Gasteiger partial charge on any atom is 0.166 e. The van der Waals surface area contributed by atoms with Crippen molar-refractivity contribution in [1.82, 2.24) is 0 Å². The third-order valence-electron chi connectivity index (χ3n) is 3.42. The molecule has 0 aliphatic heterocycles. The Balaban J connectivity index is 2.35. The molecule has 0 radical (unpaired) electrons. The summed E-state index contributed by atoms with van der Waals surface area (Å²) in [5.74, 6) is 0.357. The minimum absolute atomic E-state index is 0.169. The zero-order chi connectivity index (χ0) is 14.9. The summed E-state index contributed by atoms with van der Waals surface area (Å²) >= 11 is 0. The molecule has 0 spiro atoms. The lowest BCUT2D eigenvalue weighted by Crippen LogP contribution is -1.96. The topological polar surface area (TPSA) is 29.5 Å². The van der Waals surface area contributed by atoms with Crippen LogP contribution in [0.3, 0.4) is 0 Å². The zero-order valence-electron chi connectivity index (χ0n) is 12.2. The van der Waals surface area contributed by atoms with E-state index in [0.717, 1.165) is 16.7 Å². The van der Waals surface area contributed by atoms with E-state index in [9.17, 15) is 9.50 Å². The van der Waals surface area contributed by atoms with E-state index in [0.29, 0.717) is 11.3 Å². The molecule has 20 heavy (non-hydrogen) atoms. The summed E-state index contributed by atoms with van der Waals surface area (Å²) in [6.07, 6.45) is -0.693. The number of halogens is 1. The van der Waals surface area contributed by atoms with Gasteiger partial charge in [-0.1, -0.05) is 12.1 Å². The maximum absolute atomic E-state index is 14.0. The number of rotatable bonds is 3. The van der Waals surface area contributed by atoms with Crippen molar-refractivity contribution in [2.75, 3.05) is 0 Å². The molecule has 0 bridgehead atoms. The molecular formula is C17H19FO2. The summed E-state index contributed by atoms with van der Waals surface area (Å²) in [6, 6.07) is 8.48. The van der Waals surface area contributed by atoms with Crippen molar-refractivity contribution in [3.63, 3.8) is 0 Å². The fourth-order valence-corrected chi connectivity index (χ4v) is 2.08. The third-order valence-corrected chi connectivity index (χ3v) is 3.42. The van der Waals surface area contributed by atoms with Gasteiger partial charge in [0.1, 0.15) is 5.75 Å². The van der Waals surface area contributed by atoms with E-state index in [1.54, 1.807) is 19.1 Å². The largest absolute Gasteiger partial charge is 0.454 e. The minimum Gasteiger partial charge on any atom is -0.454 e. The van der Waals surface area contributed by atoms with Crippen LogP contribution in [0.1, 0.15) is 35.3 Å². The summed E-state index contributed by atoms with van der Waals surface area (Å²) in [5.41, 5.74) is 3.71. The van der Waals surface area contributed by atoms with E-state index in [2.05, 4.69) is 6.07 Å². The van der Waals surface area contributed by atoms with Crippen LogP contribution in [-0.4, -0.2) is 5.11 Å². The van der Waals surface area contributed by atoms with Gasteiger partial charge in [0.15, 0.2) is 11.6 Å². The summed E-state index contributed by atoms with van der Waals surface area (Å²) in [6.45, 7) is 7.53. The van der Waals surface area contributed by atoms with Crippen LogP contribution in [0.4, 0.5) is 4.39 Å². The molecule has 0 heterocycles. The molecule has 0 fully saturated rings. The van der Waals surface area contributed by atoms with Crippen molar-refractivity contribution in [1.29, 1.82) is 0 Å². The predicted octanol–water partition coefficient (Wildman–Crippen LogP) is 4.60. The number of aliphatic hydroxyl groups is 1. The van der Waals surface area contributed by atoms with Crippen LogP contribution < -0.4 is 4.74 Å². The van der Waals surface area contributed by atoms with E-state index < -0.39 is 11.9 Å². The molecule has 0 amide bonds. The van der Waals surface area contributed by atoms with E-state index in [4.69, 9.17) is 4.74 Å². The second-order valence-corrected chi connectivity index (χ2v) is 5.17. The van der Waals surface area contributed by atoms with Gasteiger partial charge in [0, 0.05) is 0 Å². The Bertz CT molecular complexity index is 633. The van der Waals surface area contributed by atoms with Crippen LogP contribution in [-0.2, 0) is 0 Å². The molecule has 2 aromatic rings. The van der Waals surface area contributed by atoms with Crippen LogP contribution in [0.15, 0.2) is 30.3 Å². The summed E-state index contributed by atoms with van der Waals surface area (Å²) in [5, 5.41) is 9.44. The average Bonchev–Trinajstić information content (AvgIpc) is 2.37. The van der Waals surface area contributed by atoms with Gasteiger partial charge in [-0.15, -0.1) is 0 Å². The van der Waals surface area contributed by atoms with Crippen molar-refractivity contribution < 1.29 is 14.2 Å². The highest BCUT2D eigenvalue weighted by Gasteiger charge is 2.11. The fraction of sp³-hybridized carbons (Fsp3) is 0.294. The molecule has 2 nitrogen and oxygen atoms in total. The average molecular weight is 274 g/mol. The van der Waals surface area contributed by atoms with E-state index in [-0.39, 0.29) is 5.75 Å². The lowest BCUT2D eigenvalue weighted by atomic mass is 10.1. The van der Waals surface area contributed by atoms with Gasteiger partial charge < -0.3 is 9.84 Å². The van der Waals surface area contributed by atoms with Crippen molar-refractivity contribution >= 4 is 0 Å². The molecule has 3 heteroatoms. The van der Waals surface area contributed by atoms with Crippen molar-refractivity contribution in [3.8, 4) is 11.5 Å². The summed E-state index contributed by atoms with van der Waals surface area (Å²) < 4.78 is 19.7. The van der Waals surface area contributed by atoms with Crippen LogP contribution >= 0.6 is 0 Å². The lowest BCUT2D eigenvalue weighted by Gasteiger charge is -2.13. The second-order valence-electron chi connectivity index (χ2n) is 5.17. The highest BCUT2D eigenvalue weighted by molar-refractivity contribution is 5.45. The highest BCUT2D eigenvalue weighted by atomic mass is 19.1. The van der Waals surface area contributed by atoms with Crippen LogP contribution in [0, 0.1) is 26.6 Å². The Morgan fingerprint density at radius 3 is 2.35 bits per heavy atom. The van der Waals surface area contributed by atoms with Gasteiger partial charge in [-0.3, -0.25) is 0 Å². The van der Waals surface area contributed by atoms with Crippen molar-refractivity contribution in [3.05, 3.63) is 58.4 Å². The standard InChI is InChI=1S/C17H19FO2/c1-10-7-11(2)12(3)17(8-10)20-16-6-5-14(13(4)19)9-15(16)18/h5-9,13,19H,1-4H3/t13-/m1/s1. The van der Waals surface area contributed by atoms with E-state index in [1.165, 1.54) is 6.07 Å². The molecule has 0 aromatic heterocycles. The molecule has 106 valence electrons. The Labute approximate surface area is 118 Å². The van der Waals surface area contributed by atoms with E-state index in [1.807, 2.05) is 26.8 Å². The van der Waals surface area contributed by atoms with E-state index >= 15 is 0 Å². The van der Waals surface area contributed by atoms with Gasteiger partial charge in [0.2, 0.25) is 0 Å². The van der Waals surface area contributed by atoms with Crippen molar-refractivity contribution in [2.45, 2.75) is 33.8 Å². The molecule has 1 N–H and O–H groups in total. The van der Waals surface area contributed by atoms with Gasteiger partial charge in [0.25, 0.3) is 0 Å². The molecule has 0 saturated carbocycles. The molecule has 0 aliphatic rings. The van der Waals surface area contributed by atoms with Gasteiger partial charge in [-0.2, -0.15) is 0 Å². The number of benzene rings is 2. The highest BCUT2D eigenvalue weighted by Crippen LogP contribution is 2.31. The number of aliphatic hydroxyl groups excluding tert-OH is 1. The maximum atomic E-state index is 14.0. The second kappa shape index (κ2) is 5.63. The third kappa shape index (κ3) is 2.99. The number of hydrogen-bond donors (Lipinski definition) is 1. The van der Waals surface area contributed by atoms with Crippen LogP contribution in [0.25, 0.3) is 0 Å². The summed E-state index contributed by atoms with van der Waals surface area (Å²) in [7, 11) is 0. The normalized spacial score (nSPS) is 12.3. The number of hydrogen-bond acceptors (Lipinski definition) is 2. The first-order chi connectivity index (χ1) is 9.38. The molecular weight excluding hydrogens is 255 g/mol. The van der Waals surface area contributed by atoms with Gasteiger partial charge in [0.05, 0.1) is 6.10 Å². The first-order valence-electron chi connectivity index (χ1n) is 6.61. The van der Waals surface area contributed by atoms with Crippen LogP contribution in [0.2, 0.25) is 0 Å². The Morgan fingerprint density at radius 2 is 1.75 bits per heavy atom. The SMILES string of the molecule is Cc1cc(C)c(C)c(Oc2ccc([C@@H](C)O)cc2F)c1. The smallest absolute Gasteiger partial charge is 0.166 e. The number of ether oxygens (including phenoxy) is 1. The molecule has 0 aliphatic carbocycles. The van der Waals surface area contributed by atoms with Gasteiger partial charge in [-0.05, 0) is 68.1 Å². The summed E-state index contributed by atoms with van der Waals surface area (Å²) in [4.78, 5) is 0. The first-order valence-corrected chi connectivity index (χ1v) is 6.61. The molecule has 0 saturated heterocycles. The van der Waals surface area contributed by atoms with Crippen LogP contribution in [0.5, 0.6) is 11.5 Å². The molecule has 0 unspecified atom stereocenters. The lowest BCUT2D eigenvalue weighted by molar-refractivity contribution is 0.198. The monoisotopic (exact) mass is 274 g/mol. The number of aryl methyl sites for hydroxylation is 2. The quantitative estimate of drug-likeness (QED) is 0.886. The Kier molecular flexibility index (Phi) is 4.09. The molecule has 1 atom stereocenters. The van der Waals surface area contributed by atoms with Gasteiger partial charge in [-0.25, -0.2) is 4.39 Å². The zero-order valence-corrected chi connectivity index (χ0v) is 12.2.